The largest absolute Gasteiger partial charge is 0.490 e. The number of hydrogen-bond acceptors (Lipinski definition) is 4. The van der Waals surface area contributed by atoms with Gasteiger partial charge in [-0.05, 0) is 49.6 Å². The predicted molar refractivity (Wildman–Crippen MR) is 86.8 cm³/mol. The highest BCUT2D eigenvalue weighted by molar-refractivity contribution is 6.64. The van der Waals surface area contributed by atoms with Gasteiger partial charge in [0.2, 0.25) is 11.2 Å². The Morgan fingerprint density at radius 2 is 2.35 bits per heavy atom. The first-order valence-electron chi connectivity index (χ1n) is 7.58. The number of carbonyl (C=O) groups excluding carboxylic acids is 1. The molecule has 23 heavy (non-hydrogen) atoms. The first-order chi connectivity index (χ1) is 11.0. The summed E-state index contributed by atoms with van der Waals surface area (Å²) >= 11 is 5.48. The standard InChI is InChI=1S/C17H18ClFN2O2/c1-20-17(6-7-17)10-23-13-8-14(16(19)21-9-13)11-2-4-12(5-3-11)15(18)22/h2-4,8-9,12,20H,5-7,10H2,1H3. The third kappa shape index (κ3) is 3.62. The van der Waals surface area contributed by atoms with Crippen molar-refractivity contribution < 1.29 is 13.9 Å². The molecule has 1 N–H and O–H groups in total. The molecular formula is C17H18ClFN2O2. The molecule has 0 spiro atoms. The summed E-state index contributed by atoms with van der Waals surface area (Å²) in [6, 6.07) is 1.65. The van der Waals surface area contributed by atoms with Crippen molar-refractivity contribution in [3.63, 3.8) is 0 Å². The van der Waals surface area contributed by atoms with Gasteiger partial charge < -0.3 is 10.1 Å². The van der Waals surface area contributed by atoms with Crippen LogP contribution in [0.5, 0.6) is 5.75 Å². The fourth-order valence-corrected chi connectivity index (χ4v) is 2.70. The first kappa shape index (κ1) is 16.1. The number of halogens is 2. The summed E-state index contributed by atoms with van der Waals surface area (Å²) in [7, 11) is 1.91. The van der Waals surface area contributed by atoms with Crippen molar-refractivity contribution >= 4 is 22.4 Å². The van der Waals surface area contributed by atoms with Crippen molar-refractivity contribution in [3.05, 3.63) is 42.0 Å². The molecule has 1 unspecified atom stereocenters. The number of ether oxygens (including phenoxy) is 1. The van der Waals surface area contributed by atoms with Crippen LogP contribution in [0.2, 0.25) is 0 Å². The molecule has 0 saturated heterocycles. The first-order valence-corrected chi connectivity index (χ1v) is 7.96. The van der Waals surface area contributed by atoms with E-state index in [4.69, 9.17) is 16.3 Å². The summed E-state index contributed by atoms with van der Waals surface area (Å²) in [5.41, 5.74) is 1.10. The SMILES string of the molecule is CNC1(COc2cnc(F)c(C3=CCC(C(=O)Cl)C=C3)c2)CC1. The number of likely N-dealkylation sites (N-methyl/N-ethyl adjacent to an activating group) is 1. The van der Waals surface area contributed by atoms with Gasteiger partial charge >= 0.3 is 0 Å². The lowest BCUT2D eigenvalue weighted by atomic mass is 9.94. The average molecular weight is 337 g/mol. The minimum absolute atomic E-state index is 0.0481. The van der Waals surface area contributed by atoms with Crippen LogP contribution in [0.1, 0.15) is 24.8 Å². The summed E-state index contributed by atoms with van der Waals surface area (Å²) in [5.74, 6) is -0.368. The highest BCUT2D eigenvalue weighted by Gasteiger charge is 2.41. The van der Waals surface area contributed by atoms with Crippen LogP contribution in [0.3, 0.4) is 0 Å². The second kappa shape index (κ2) is 6.42. The molecule has 1 heterocycles. The molecule has 1 aromatic heterocycles. The van der Waals surface area contributed by atoms with Gasteiger partial charge in [0.15, 0.2) is 0 Å². The van der Waals surface area contributed by atoms with Crippen LogP contribution in [0.4, 0.5) is 4.39 Å². The van der Waals surface area contributed by atoms with Gasteiger partial charge in [-0.2, -0.15) is 4.39 Å². The Hall–Kier alpha value is -1.72. The molecule has 2 aliphatic carbocycles. The van der Waals surface area contributed by atoms with Crippen molar-refractivity contribution in [2.45, 2.75) is 24.8 Å². The maximum atomic E-state index is 14.0. The fraction of sp³-hybridized carbons (Fsp3) is 0.412. The van der Waals surface area contributed by atoms with E-state index in [2.05, 4.69) is 10.3 Å². The van der Waals surface area contributed by atoms with Crippen LogP contribution >= 0.6 is 11.6 Å². The molecular weight excluding hydrogens is 319 g/mol. The fourth-order valence-electron chi connectivity index (χ4n) is 2.54. The number of aromatic nitrogens is 1. The number of pyridine rings is 1. The van der Waals surface area contributed by atoms with E-state index in [1.54, 1.807) is 24.3 Å². The second-order valence-electron chi connectivity index (χ2n) is 5.99. The van der Waals surface area contributed by atoms with Crippen LogP contribution in [-0.2, 0) is 4.79 Å². The molecule has 0 aromatic carbocycles. The Labute approximate surface area is 139 Å². The molecule has 0 aliphatic heterocycles. The zero-order valence-corrected chi connectivity index (χ0v) is 13.6. The molecule has 1 saturated carbocycles. The zero-order valence-electron chi connectivity index (χ0n) is 12.8. The summed E-state index contributed by atoms with van der Waals surface area (Å²) in [6.45, 7) is 0.536. The average Bonchev–Trinajstić information content (AvgIpc) is 3.35. The van der Waals surface area contributed by atoms with Crippen LogP contribution in [0, 0.1) is 11.9 Å². The highest BCUT2D eigenvalue weighted by Crippen LogP contribution is 2.35. The smallest absolute Gasteiger partial charge is 0.228 e. The molecule has 0 radical (unpaired) electrons. The van der Waals surface area contributed by atoms with Gasteiger partial charge in [0, 0.05) is 5.56 Å². The molecule has 0 amide bonds. The quantitative estimate of drug-likeness (QED) is 0.640. The summed E-state index contributed by atoms with van der Waals surface area (Å²) < 4.78 is 19.8. The maximum absolute atomic E-state index is 14.0. The van der Waals surface area contributed by atoms with Gasteiger partial charge in [-0.1, -0.05) is 18.2 Å². The summed E-state index contributed by atoms with van der Waals surface area (Å²) in [5, 5.41) is 2.83. The second-order valence-corrected chi connectivity index (χ2v) is 6.37. The maximum Gasteiger partial charge on any atom is 0.228 e. The van der Waals surface area contributed by atoms with Crippen molar-refractivity contribution in [1.82, 2.24) is 10.3 Å². The Morgan fingerprint density at radius 1 is 1.57 bits per heavy atom. The third-order valence-electron chi connectivity index (χ3n) is 4.42. The lowest BCUT2D eigenvalue weighted by Crippen LogP contribution is -2.33. The summed E-state index contributed by atoms with van der Waals surface area (Å²) in [4.78, 5) is 14.9. The van der Waals surface area contributed by atoms with Gasteiger partial charge in [0.25, 0.3) is 0 Å². The van der Waals surface area contributed by atoms with Crippen LogP contribution in [0.15, 0.2) is 30.5 Å². The Morgan fingerprint density at radius 3 is 2.91 bits per heavy atom. The van der Waals surface area contributed by atoms with E-state index in [1.165, 1.54) is 6.20 Å². The van der Waals surface area contributed by atoms with Gasteiger partial charge in [0.05, 0.1) is 17.7 Å². The van der Waals surface area contributed by atoms with Gasteiger partial charge in [-0.15, -0.1) is 0 Å². The van der Waals surface area contributed by atoms with E-state index in [-0.39, 0.29) is 11.5 Å². The number of allylic oxidation sites excluding steroid dienone is 4. The van der Waals surface area contributed by atoms with Gasteiger partial charge in [0.1, 0.15) is 12.4 Å². The molecule has 1 aromatic rings. The van der Waals surface area contributed by atoms with Crippen LogP contribution in [-0.4, -0.2) is 29.4 Å². The number of carbonyl (C=O) groups is 1. The number of nitrogens with one attached hydrogen (secondary N) is 1. The highest BCUT2D eigenvalue weighted by atomic mass is 35.5. The topological polar surface area (TPSA) is 51.2 Å². The summed E-state index contributed by atoms with van der Waals surface area (Å²) in [6.07, 6.45) is 9.20. The number of nitrogens with zero attached hydrogens (tertiary/aromatic N) is 1. The number of hydrogen-bond donors (Lipinski definition) is 1. The van der Waals surface area contributed by atoms with E-state index < -0.39 is 11.2 Å². The van der Waals surface area contributed by atoms with E-state index in [0.717, 1.165) is 12.8 Å². The minimum atomic E-state index is -0.557. The monoisotopic (exact) mass is 336 g/mol. The van der Waals surface area contributed by atoms with Crippen molar-refractivity contribution in [1.29, 1.82) is 0 Å². The zero-order chi connectivity index (χ0) is 16.4. The van der Waals surface area contributed by atoms with E-state index in [0.29, 0.717) is 29.9 Å². The van der Waals surface area contributed by atoms with Gasteiger partial charge in [-0.3, -0.25) is 4.79 Å². The number of rotatable bonds is 6. The molecule has 122 valence electrons. The van der Waals surface area contributed by atoms with Crippen molar-refractivity contribution in [2.24, 2.45) is 5.92 Å². The molecule has 4 nitrogen and oxygen atoms in total. The van der Waals surface area contributed by atoms with Crippen LogP contribution < -0.4 is 10.1 Å². The van der Waals surface area contributed by atoms with Gasteiger partial charge in [-0.25, -0.2) is 4.98 Å². The Bertz CT molecular complexity index is 683. The molecule has 3 rings (SSSR count). The van der Waals surface area contributed by atoms with E-state index >= 15 is 0 Å². The predicted octanol–water partition coefficient (Wildman–Crippen LogP) is 3.08. The lowest BCUT2D eigenvalue weighted by molar-refractivity contribution is -0.113. The normalized spacial score (nSPS) is 21.7. The molecule has 1 atom stereocenters. The van der Waals surface area contributed by atoms with Crippen LogP contribution in [0.25, 0.3) is 5.57 Å². The molecule has 1 fully saturated rings. The molecule has 0 bridgehead atoms. The lowest BCUT2D eigenvalue weighted by Gasteiger charge is -2.16. The van der Waals surface area contributed by atoms with Crippen molar-refractivity contribution in [2.75, 3.05) is 13.7 Å². The molecule has 2 aliphatic rings. The Kier molecular flexibility index (Phi) is 4.50. The minimum Gasteiger partial charge on any atom is -0.490 e. The van der Waals surface area contributed by atoms with E-state index in [9.17, 15) is 9.18 Å². The van der Waals surface area contributed by atoms with Crippen molar-refractivity contribution in [3.8, 4) is 5.75 Å². The van der Waals surface area contributed by atoms with E-state index in [1.807, 2.05) is 7.05 Å². The third-order valence-corrected chi connectivity index (χ3v) is 4.70. The molecule has 6 heteroatoms. The Balaban J connectivity index is 1.74.